The van der Waals surface area contributed by atoms with Gasteiger partial charge in [0, 0.05) is 12.8 Å². The van der Waals surface area contributed by atoms with Crippen molar-refractivity contribution < 1.29 is 42.1 Å². The van der Waals surface area contributed by atoms with Crippen molar-refractivity contribution in [3.63, 3.8) is 0 Å². The van der Waals surface area contributed by atoms with Crippen LogP contribution < -0.4 is 0 Å². The van der Waals surface area contributed by atoms with Gasteiger partial charge in [0.15, 0.2) is 6.10 Å². The van der Waals surface area contributed by atoms with Crippen LogP contribution in [0.4, 0.5) is 0 Å². The molecule has 0 aliphatic carbocycles. The van der Waals surface area contributed by atoms with Crippen LogP contribution in [-0.4, -0.2) is 74.9 Å². The second-order valence-corrected chi connectivity index (χ2v) is 29.5. The molecule has 0 fully saturated rings. The summed E-state index contributed by atoms with van der Waals surface area (Å²) in [7, 11) is 1.48. The lowest BCUT2D eigenvalue weighted by molar-refractivity contribution is -0.870. The average molecular weight is 1380 g/mol. The number of hydrogen-bond acceptors (Lipinski definition) is 7. The van der Waals surface area contributed by atoms with E-state index in [-0.39, 0.29) is 32.0 Å². The molecule has 0 bridgehead atoms. The van der Waals surface area contributed by atoms with Crippen molar-refractivity contribution in [1.29, 1.82) is 0 Å². The predicted octanol–water partition coefficient (Wildman–Crippen LogP) is 27.3. The van der Waals surface area contributed by atoms with Crippen LogP contribution in [0, 0.1) is 0 Å². The highest BCUT2D eigenvalue weighted by molar-refractivity contribution is 7.47. The zero-order chi connectivity index (χ0) is 71.1. The van der Waals surface area contributed by atoms with E-state index in [0.717, 1.165) is 109 Å². The van der Waals surface area contributed by atoms with Gasteiger partial charge >= 0.3 is 19.8 Å². The Labute approximate surface area is 605 Å². The van der Waals surface area contributed by atoms with Gasteiger partial charge in [-0.15, -0.1) is 0 Å². The zero-order valence-electron chi connectivity index (χ0n) is 64.2. The normalized spacial score (nSPS) is 13.8. The number of phosphoric ester groups is 1. The molecule has 10 heteroatoms. The molecule has 0 rings (SSSR count). The van der Waals surface area contributed by atoms with E-state index in [4.69, 9.17) is 18.5 Å². The molecule has 9 nitrogen and oxygen atoms in total. The smallest absolute Gasteiger partial charge is 0.462 e. The van der Waals surface area contributed by atoms with Crippen LogP contribution >= 0.6 is 7.82 Å². The van der Waals surface area contributed by atoms with Crippen molar-refractivity contribution in [2.24, 2.45) is 0 Å². The lowest BCUT2D eigenvalue weighted by atomic mass is 10.0. The number of rotatable bonds is 74. The quantitative estimate of drug-likeness (QED) is 0.0211. The Kier molecular flexibility index (Phi) is 73.8. The molecular formula is C88H153NO8P+. The number of hydrogen-bond donors (Lipinski definition) is 1. The van der Waals surface area contributed by atoms with Crippen LogP contribution in [0.2, 0.25) is 0 Å². The maximum absolute atomic E-state index is 12.9. The number of carbonyl (C=O) groups excluding carboxylic acids is 2. The molecule has 98 heavy (non-hydrogen) atoms. The molecule has 0 aliphatic rings. The third kappa shape index (κ3) is 80.9. The average Bonchev–Trinajstić information content (AvgIpc) is 1.08. The van der Waals surface area contributed by atoms with Crippen molar-refractivity contribution in [3.8, 4) is 0 Å². The summed E-state index contributed by atoms with van der Waals surface area (Å²) >= 11 is 0. The van der Waals surface area contributed by atoms with Gasteiger partial charge < -0.3 is 18.9 Å². The minimum Gasteiger partial charge on any atom is -0.462 e. The van der Waals surface area contributed by atoms with Gasteiger partial charge in [0.25, 0.3) is 0 Å². The minimum atomic E-state index is -4.40. The van der Waals surface area contributed by atoms with Gasteiger partial charge in [-0.25, -0.2) is 4.57 Å². The Morgan fingerprint density at radius 2 is 0.551 bits per heavy atom. The van der Waals surface area contributed by atoms with Gasteiger partial charge in [-0.3, -0.25) is 18.6 Å². The minimum absolute atomic E-state index is 0.0290. The van der Waals surface area contributed by atoms with Gasteiger partial charge in [-0.2, -0.15) is 0 Å². The molecule has 0 spiro atoms. The number of ether oxygens (including phenoxy) is 2. The van der Waals surface area contributed by atoms with Crippen LogP contribution in [-0.2, 0) is 32.7 Å². The fourth-order valence-electron chi connectivity index (χ4n) is 11.3. The standard InChI is InChI=1S/C88H152NO8P/c1-6-8-10-12-14-16-18-20-22-24-26-28-30-32-34-36-38-40-41-42-43-44-45-46-47-49-51-53-55-57-59-61-63-65-67-69-71-73-75-77-79-81-88(91)97-86(85-96-98(92,93)95-83-82-89(3,4)5)84-94-87(90)80-78-76-74-72-70-68-66-64-62-60-58-56-54-52-50-48-39-37-35-33-31-29-27-25-23-21-19-17-15-13-11-9-7-2/h8-11,14-17,20-23,26-29,32-35,38,40,42-43,86H,6-7,12-13,18-19,24-25,30-31,36-37,39,41,44-85H2,1-5H3/p+1/b10-8-,11-9-,16-14-,17-15-,22-20-,23-21-,28-26-,29-27-,34-32-,35-33-,40-38-,43-42-. The van der Waals surface area contributed by atoms with Gasteiger partial charge in [0.2, 0.25) is 0 Å². The van der Waals surface area contributed by atoms with E-state index in [1.165, 1.54) is 205 Å². The molecule has 0 aromatic heterocycles. The summed E-state index contributed by atoms with van der Waals surface area (Å²) in [6.45, 7) is 4.24. The molecule has 0 saturated carbocycles. The topological polar surface area (TPSA) is 108 Å². The number of unbranched alkanes of at least 4 members (excludes halogenated alkanes) is 36. The van der Waals surface area contributed by atoms with Crippen LogP contribution in [0.3, 0.4) is 0 Å². The number of esters is 2. The molecule has 0 aromatic rings. The summed E-state index contributed by atoms with van der Waals surface area (Å²) in [4.78, 5) is 36.0. The molecule has 0 heterocycles. The van der Waals surface area contributed by atoms with Crippen molar-refractivity contribution in [1.82, 2.24) is 0 Å². The molecular weight excluding hydrogens is 1230 g/mol. The molecule has 1 N–H and O–H groups in total. The maximum Gasteiger partial charge on any atom is 0.472 e. The van der Waals surface area contributed by atoms with Crippen LogP contribution in [0.25, 0.3) is 0 Å². The van der Waals surface area contributed by atoms with Crippen LogP contribution in [0.1, 0.15) is 348 Å². The summed E-state index contributed by atoms with van der Waals surface area (Å²) in [6.07, 6.45) is 114. The fraction of sp³-hybridized carbons (Fsp3) is 0.705. The van der Waals surface area contributed by atoms with Crippen molar-refractivity contribution in [2.45, 2.75) is 354 Å². The highest BCUT2D eigenvalue weighted by Gasteiger charge is 2.27. The summed E-state index contributed by atoms with van der Waals surface area (Å²) in [5.41, 5.74) is 0. The number of likely N-dealkylation sites (N-methyl/N-ethyl adjacent to an activating group) is 1. The Bertz CT molecular complexity index is 2170. The molecule has 2 unspecified atom stereocenters. The largest absolute Gasteiger partial charge is 0.472 e. The maximum atomic E-state index is 12.9. The van der Waals surface area contributed by atoms with E-state index in [2.05, 4.69) is 160 Å². The van der Waals surface area contributed by atoms with Crippen molar-refractivity contribution in [2.75, 3.05) is 47.5 Å². The van der Waals surface area contributed by atoms with E-state index >= 15 is 0 Å². The molecule has 562 valence electrons. The van der Waals surface area contributed by atoms with Gasteiger partial charge in [0.1, 0.15) is 19.8 Å². The molecule has 0 radical (unpaired) electrons. The summed E-state index contributed by atoms with van der Waals surface area (Å²) < 4.78 is 34.8. The first-order valence-electron chi connectivity index (χ1n) is 40.6. The first-order chi connectivity index (χ1) is 48.0. The second kappa shape index (κ2) is 77.1. The molecule has 0 aromatic carbocycles. The Morgan fingerprint density at radius 1 is 0.316 bits per heavy atom. The van der Waals surface area contributed by atoms with Gasteiger partial charge in [-0.05, 0) is 116 Å². The highest BCUT2D eigenvalue weighted by atomic mass is 31.2. The van der Waals surface area contributed by atoms with E-state index < -0.39 is 26.5 Å². The second-order valence-electron chi connectivity index (χ2n) is 28.0. The van der Waals surface area contributed by atoms with Gasteiger partial charge in [0.05, 0.1) is 27.7 Å². The monoisotopic (exact) mass is 1380 g/mol. The molecule has 0 aliphatic heterocycles. The highest BCUT2D eigenvalue weighted by Crippen LogP contribution is 2.43. The Hall–Kier alpha value is -4.11. The lowest BCUT2D eigenvalue weighted by Gasteiger charge is -2.24. The predicted molar refractivity (Wildman–Crippen MR) is 427 cm³/mol. The van der Waals surface area contributed by atoms with E-state index in [9.17, 15) is 19.0 Å². The lowest BCUT2D eigenvalue weighted by Crippen LogP contribution is -2.37. The summed E-state index contributed by atoms with van der Waals surface area (Å²) in [5.74, 6) is -0.787. The number of quaternary nitrogens is 1. The first kappa shape index (κ1) is 93.9. The third-order valence-electron chi connectivity index (χ3n) is 17.4. The van der Waals surface area contributed by atoms with Crippen molar-refractivity contribution >= 4 is 19.8 Å². The van der Waals surface area contributed by atoms with E-state index in [0.29, 0.717) is 17.4 Å². The SMILES string of the molecule is CC/C=C\C/C=C\C/C=C\C/C=C\C/C=C\C/C=C\C/C=C\CCCCCCCCCCCCCCCCCCCCCC(=O)OC(COC(=O)CCCCCCCCCCCCCCCCCCC/C=C\C/C=C\C/C=C\C/C=C\C/C=C\CC)COP(=O)(O)OCC[N+](C)(C)C. The fourth-order valence-corrected chi connectivity index (χ4v) is 12.0. The van der Waals surface area contributed by atoms with E-state index in [1.54, 1.807) is 0 Å². The number of nitrogens with zero attached hydrogens (tertiary/aromatic N) is 1. The van der Waals surface area contributed by atoms with Crippen LogP contribution in [0.5, 0.6) is 0 Å². The Balaban J connectivity index is 3.96. The van der Waals surface area contributed by atoms with Crippen LogP contribution in [0.15, 0.2) is 146 Å². The number of phosphoric acid groups is 1. The molecule has 0 saturated heterocycles. The molecule has 2 atom stereocenters. The third-order valence-corrected chi connectivity index (χ3v) is 18.3. The van der Waals surface area contributed by atoms with Crippen molar-refractivity contribution in [3.05, 3.63) is 146 Å². The molecule has 0 amide bonds. The summed E-state index contributed by atoms with van der Waals surface area (Å²) in [5, 5.41) is 0. The van der Waals surface area contributed by atoms with E-state index in [1.807, 2.05) is 21.1 Å². The zero-order valence-corrected chi connectivity index (χ0v) is 65.1. The van der Waals surface area contributed by atoms with Gasteiger partial charge in [-0.1, -0.05) is 365 Å². The Morgan fingerprint density at radius 3 is 0.816 bits per heavy atom. The number of allylic oxidation sites excluding steroid dienone is 24. The summed E-state index contributed by atoms with van der Waals surface area (Å²) in [6, 6.07) is 0. The first-order valence-corrected chi connectivity index (χ1v) is 42.1. The number of carbonyl (C=O) groups is 2.